The van der Waals surface area contributed by atoms with Gasteiger partial charge in [-0.2, -0.15) is 0 Å². The lowest BCUT2D eigenvalue weighted by atomic mass is 10.1. The Labute approximate surface area is 108 Å². The highest BCUT2D eigenvalue weighted by Gasteiger charge is 2.07. The Balaban J connectivity index is 2.74. The highest BCUT2D eigenvalue weighted by molar-refractivity contribution is 6.36. The van der Waals surface area contributed by atoms with E-state index < -0.39 is 24.0 Å². The second-order valence-electron chi connectivity index (χ2n) is 3.62. The van der Waals surface area contributed by atoms with Crippen molar-refractivity contribution in [3.63, 3.8) is 0 Å². The van der Waals surface area contributed by atoms with Gasteiger partial charge >= 0.3 is 0 Å². The van der Waals surface area contributed by atoms with Crippen LogP contribution in [-0.2, 0) is 14.4 Å². The lowest BCUT2D eigenvalue weighted by Gasteiger charge is -2.03. The Bertz CT molecular complexity index is 544. The number of allylic oxidation sites excluding steroid dienone is 1. The van der Waals surface area contributed by atoms with Crippen molar-refractivity contribution < 1.29 is 29.3 Å². The standard InChI is InChI=1S/C13H12O6/c1-19-12-6-8(3-5-10(12)15)2-4-9(14)7-11(16)13(17)18/h2-6,15H,7H2,1H3,(H,17,18)/p-1/b4-2+. The van der Waals surface area contributed by atoms with Gasteiger partial charge in [-0.3, -0.25) is 9.59 Å². The maximum Gasteiger partial charge on any atom is 0.185 e. The molecule has 1 aromatic carbocycles. The summed E-state index contributed by atoms with van der Waals surface area (Å²) < 4.78 is 4.88. The monoisotopic (exact) mass is 263 g/mol. The molecule has 0 spiro atoms. The lowest BCUT2D eigenvalue weighted by Crippen LogP contribution is -2.32. The number of aromatic hydroxyl groups is 1. The van der Waals surface area contributed by atoms with Gasteiger partial charge in [0.1, 0.15) is 5.97 Å². The summed E-state index contributed by atoms with van der Waals surface area (Å²) >= 11 is 0. The molecule has 0 aromatic heterocycles. The van der Waals surface area contributed by atoms with Crippen molar-refractivity contribution >= 4 is 23.6 Å². The number of ether oxygens (including phenoxy) is 1. The number of hydrogen-bond acceptors (Lipinski definition) is 6. The van der Waals surface area contributed by atoms with E-state index >= 15 is 0 Å². The molecule has 0 fully saturated rings. The van der Waals surface area contributed by atoms with Crippen LogP contribution in [0.4, 0.5) is 0 Å². The van der Waals surface area contributed by atoms with Crippen LogP contribution in [0.2, 0.25) is 0 Å². The second-order valence-corrected chi connectivity index (χ2v) is 3.62. The molecule has 0 unspecified atom stereocenters. The number of phenolic OH excluding ortho intramolecular Hbond substituents is 1. The minimum Gasteiger partial charge on any atom is -0.542 e. The lowest BCUT2D eigenvalue weighted by molar-refractivity contribution is -0.299. The molecule has 6 nitrogen and oxygen atoms in total. The van der Waals surface area contributed by atoms with E-state index in [0.717, 1.165) is 6.08 Å². The molecule has 0 aliphatic carbocycles. The number of carboxylic acid groups (broad SMARTS) is 1. The number of phenols is 1. The van der Waals surface area contributed by atoms with Crippen LogP contribution in [0.25, 0.3) is 6.08 Å². The quantitative estimate of drug-likeness (QED) is 0.429. The molecular weight excluding hydrogens is 252 g/mol. The number of ketones is 2. The molecule has 0 radical (unpaired) electrons. The molecule has 19 heavy (non-hydrogen) atoms. The number of aliphatic carboxylic acids is 1. The molecule has 6 heteroatoms. The van der Waals surface area contributed by atoms with E-state index in [0.29, 0.717) is 5.56 Å². The first-order chi connectivity index (χ1) is 8.93. The van der Waals surface area contributed by atoms with Crippen LogP contribution in [0.1, 0.15) is 12.0 Å². The second kappa shape index (κ2) is 6.34. The van der Waals surface area contributed by atoms with E-state index in [2.05, 4.69) is 0 Å². The smallest absolute Gasteiger partial charge is 0.185 e. The summed E-state index contributed by atoms with van der Waals surface area (Å²) in [5.74, 6) is -3.61. The van der Waals surface area contributed by atoms with Gasteiger partial charge < -0.3 is 19.7 Å². The Hall–Kier alpha value is -2.63. The zero-order valence-electron chi connectivity index (χ0n) is 10.1. The molecule has 0 saturated carbocycles. The van der Waals surface area contributed by atoms with Gasteiger partial charge in [0, 0.05) is 0 Å². The van der Waals surface area contributed by atoms with Crippen molar-refractivity contribution in [1.82, 2.24) is 0 Å². The fraction of sp³-hybridized carbons (Fsp3) is 0.154. The SMILES string of the molecule is COc1cc(/C=C/C(=O)CC(=O)C(=O)[O-])ccc1O. The Morgan fingerprint density at radius 2 is 2.05 bits per heavy atom. The zero-order chi connectivity index (χ0) is 14.4. The molecule has 0 aliphatic heterocycles. The molecule has 0 atom stereocenters. The number of Topliss-reactive ketones (excluding diaryl/α,β-unsaturated/α-hetero) is 1. The first-order valence-corrected chi connectivity index (χ1v) is 5.26. The van der Waals surface area contributed by atoms with E-state index in [-0.39, 0.29) is 11.5 Å². The van der Waals surface area contributed by atoms with Gasteiger partial charge in [-0.1, -0.05) is 12.1 Å². The van der Waals surface area contributed by atoms with Gasteiger partial charge in [-0.25, -0.2) is 0 Å². The van der Waals surface area contributed by atoms with Gasteiger partial charge in [0.25, 0.3) is 0 Å². The van der Waals surface area contributed by atoms with Crippen LogP contribution >= 0.6 is 0 Å². The van der Waals surface area contributed by atoms with Crippen LogP contribution in [0.3, 0.4) is 0 Å². The first kappa shape index (κ1) is 14.4. The van der Waals surface area contributed by atoms with Gasteiger partial charge in [0.2, 0.25) is 0 Å². The van der Waals surface area contributed by atoms with Crippen molar-refractivity contribution in [2.75, 3.05) is 7.11 Å². The summed E-state index contributed by atoms with van der Waals surface area (Å²) in [6, 6.07) is 4.40. The van der Waals surface area contributed by atoms with E-state index in [1.54, 1.807) is 0 Å². The highest BCUT2D eigenvalue weighted by Crippen LogP contribution is 2.26. The number of rotatable bonds is 6. The fourth-order valence-corrected chi connectivity index (χ4v) is 1.28. The Morgan fingerprint density at radius 1 is 1.37 bits per heavy atom. The summed E-state index contributed by atoms with van der Waals surface area (Å²) in [7, 11) is 1.38. The molecular formula is C13H11O6-. The summed E-state index contributed by atoms with van der Waals surface area (Å²) in [4.78, 5) is 32.2. The topological polar surface area (TPSA) is 104 Å². The maximum absolute atomic E-state index is 11.3. The minimum atomic E-state index is -1.88. The fourth-order valence-electron chi connectivity index (χ4n) is 1.28. The Kier molecular flexibility index (Phi) is 4.82. The summed E-state index contributed by atoms with van der Waals surface area (Å²) in [5, 5.41) is 19.5. The van der Waals surface area contributed by atoms with Crippen molar-refractivity contribution in [3.8, 4) is 11.5 Å². The molecule has 0 heterocycles. The largest absolute Gasteiger partial charge is 0.542 e. The first-order valence-electron chi connectivity index (χ1n) is 5.26. The van der Waals surface area contributed by atoms with Gasteiger partial charge in [0.15, 0.2) is 23.1 Å². The molecule has 1 rings (SSSR count). The van der Waals surface area contributed by atoms with Crippen LogP contribution in [-0.4, -0.2) is 29.8 Å². The van der Waals surface area contributed by atoms with Crippen molar-refractivity contribution in [3.05, 3.63) is 29.8 Å². The molecule has 0 amide bonds. The van der Waals surface area contributed by atoms with Crippen molar-refractivity contribution in [2.45, 2.75) is 6.42 Å². The van der Waals surface area contributed by atoms with Gasteiger partial charge in [-0.05, 0) is 23.8 Å². The predicted octanol–water partition coefficient (Wildman–Crippen LogP) is -0.308. The highest BCUT2D eigenvalue weighted by atomic mass is 16.5. The van der Waals surface area contributed by atoms with Crippen molar-refractivity contribution in [2.24, 2.45) is 0 Å². The predicted molar refractivity (Wildman–Crippen MR) is 63.3 cm³/mol. The number of carbonyl (C=O) groups excluding carboxylic acids is 3. The maximum atomic E-state index is 11.3. The molecule has 1 aromatic rings. The van der Waals surface area contributed by atoms with Gasteiger partial charge in [0.05, 0.1) is 13.5 Å². The number of benzene rings is 1. The summed E-state index contributed by atoms with van der Waals surface area (Å²) in [5.41, 5.74) is 0.559. The number of methoxy groups -OCH3 is 1. The van der Waals surface area contributed by atoms with Crippen molar-refractivity contribution in [1.29, 1.82) is 0 Å². The molecule has 100 valence electrons. The normalized spacial score (nSPS) is 10.4. The van der Waals surface area contributed by atoms with Gasteiger partial charge in [-0.15, -0.1) is 0 Å². The molecule has 0 saturated heterocycles. The summed E-state index contributed by atoms with van der Waals surface area (Å²) in [6.45, 7) is 0. The number of carboxylic acids is 1. The van der Waals surface area contributed by atoms with E-state index in [1.807, 2.05) is 0 Å². The van der Waals surface area contributed by atoms with Crippen LogP contribution < -0.4 is 9.84 Å². The zero-order valence-corrected chi connectivity index (χ0v) is 10.1. The number of hydrogen-bond donors (Lipinski definition) is 1. The third-order valence-electron chi connectivity index (χ3n) is 2.23. The van der Waals surface area contributed by atoms with Crippen LogP contribution in [0.15, 0.2) is 24.3 Å². The molecule has 0 bridgehead atoms. The van der Waals surface area contributed by atoms with E-state index in [9.17, 15) is 24.6 Å². The third-order valence-corrected chi connectivity index (χ3v) is 2.23. The molecule has 0 aliphatic rings. The average Bonchev–Trinajstić information content (AvgIpc) is 2.37. The Morgan fingerprint density at radius 3 is 2.63 bits per heavy atom. The van der Waals surface area contributed by atoms with E-state index in [4.69, 9.17) is 4.74 Å². The summed E-state index contributed by atoms with van der Waals surface area (Å²) in [6.07, 6.45) is 1.72. The number of carbonyl (C=O) groups is 3. The minimum absolute atomic E-state index is 0.0434. The third kappa shape index (κ3) is 4.27. The van der Waals surface area contributed by atoms with Crippen LogP contribution in [0.5, 0.6) is 11.5 Å². The average molecular weight is 263 g/mol. The molecule has 1 N–H and O–H groups in total. The van der Waals surface area contributed by atoms with Crippen LogP contribution in [0, 0.1) is 0 Å². The van der Waals surface area contributed by atoms with E-state index in [1.165, 1.54) is 31.4 Å².